The predicted molar refractivity (Wildman–Crippen MR) is 144 cm³/mol. The van der Waals surface area contributed by atoms with Gasteiger partial charge in [0.25, 0.3) is 0 Å². The minimum absolute atomic E-state index is 0.0274. The van der Waals surface area contributed by atoms with E-state index in [0.717, 1.165) is 37.9 Å². The number of halogens is 2. The Balaban J connectivity index is 0.000000152. The lowest BCUT2D eigenvalue weighted by molar-refractivity contribution is -0.146. The minimum atomic E-state index is -0.467. The number of fused-ring (bicyclic) bond motifs is 2. The van der Waals surface area contributed by atoms with Crippen molar-refractivity contribution in [2.45, 2.75) is 65.5 Å². The third-order valence-electron chi connectivity index (χ3n) is 11.1. The second-order valence-corrected chi connectivity index (χ2v) is 12.7. The first-order valence-corrected chi connectivity index (χ1v) is 13.9. The highest BCUT2D eigenvalue weighted by atomic mass is 19.1. The van der Waals surface area contributed by atoms with Crippen LogP contribution in [0.2, 0.25) is 0 Å². The van der Waals surface area contributed by atoms with Crippen molar-refractivity contribution in [3.8, 4) is 0 Å². The first kappa shape index (κ1) is 26.3. The molecule has 3 nitrogen and oxygen atoms in total. The molecule has 4 aliphatic rings. The van der Waals surface area contributed by atoms with E-state index in [4.69, 9.17) is 0 Å². The molecule has 1 amide bonds. The number of carbonyl (C=O) groups excluding carboxylic acids is 1. The van der Waals surface area contributed by atoms with Gasteiger partial charge in [-0.15, -0.1) is 0 Å². The number of likely N-dealkylation sites (tertiary alicyclic amines) is 2. The third kappa shape index (κ3) is 3.95. The Morgan fingerprint density at radius 2 is 1.27 bits per heavy atom. The highest BCUT2D eigenvalue weighted by Gasteiger charge is 2.67. The summed E-state index contributed by atoms with van der Waals surface area (Å²) in [7, 11) is 0. The predicted octanol–water partition coefficient (Wildman–Crippen LogP) is 7.17. The second-order valence-electron chi connectivity index (χ2n) is 12.7. The van der Waals surface area contributed by atoms with Crippen LogP contribution < -0.4 is 0 Å². The molecule has 0 spiro atoms. The fourth-order valence-electron chi connectivity index (χ4n) is 7.44. The summed E-state index contributed by atoms with van der Waals surface area (Å²) in [4.78, 5) is 17.0. The van der Waals surface area contributed by atoms with Crippen molar-refractivity contribution in [1.82, 2.24) is 9.80 Å². The highest BCUT2D eigenvalue weighted by molar-refractivity contribution is 5.87. The zero-order valence-corrected chi connectivity index (χ0v) is 22.9. The Kier molecular flexibility index (Phi) is 6.75. The summed E-state index contributed by atoms with van der Waals surface area (Å²) in [6.07, 6.45) is 3.92. The molecule has 6 atom stereocenters. The Bertz CT molecular complexity index is 1100. The summed E-state index contributed by atoms with van der Waals surface area (Å²) in [5, 5.41) is 0. The molecule has 0 aromatic heterocycles. The van der Waals surface area contributed by atoms with Gasteiger partial charge in [-0.2, -0.15) is 0 Å². The minimum Gasteiger partial charge on any atom is -0.335 e. The van der Waals surface area contributed by atoms with E-state index in [9.17, 15) is 13.6 Å². The molecule has 2 saturated heterocycles. The van der Waals surface area contributed by atoms with Crippen LogP contribution in [0.25, 0.3) is 0 Å². The average molecular weight is 509 g/mol. The maximum Gasteiger partial charge on any atom is 0.229 e. The zero-order valence-electron chi connectivity index (χ0n) is 22.9. The van der Waals surface area contributed by atoms with Gasteiger partial charge >= 0.3 is 0 Å². The number of amides is 1. The molecule has 2 heterocycles. The molecule has 4 fully saturated rings. The van der Waals surface area contributed by atoms with Crippen molar-refractivity contribution in [2.75, 3.05) is 33.0 Å². The smallest absolute Gasteiger partial charge is 0.229 e. The van der Waals surface area contributed by atoms with Gasteiger partial charge in [0.1, 0.15) is 0 Å². The van der Waals surface area contributed by atoms with E-state index in [1.54, 1.807) is 0 Å². The maximum atomic E-state index is 13.5. The standard InChI is InChI=1S/C16H20FNO.C16H22FN/c1-12(13-6-4-3-5-7-13)18-11-16(10-17)9-8-15(16,2)14(18)19;1-13(14-6-4-3-5-7-14)18-11-15(2)8-9-16(15,10-17)12-18/h3-7,12H,8-11H2,1-2H3;3-7,13H,8-12H2,1-2H3/t12-,15+,16+;13-,15+,16+/m11/s1. The van der Waals surface area contributed by atoms with Crippen LogP contribution in [0.1, 0.15) is 76.6 Å². The Morgan fingerprint density at radius 1 is 0.730 bits per heavy atom. The largest absolute Gasteiger partial charge is 0.335 e. The second kappa shape index (κ2) is 9.48. The lowest BCUT2D eigenvalue weighted by Crippen LogP contribution is -2.51. The van der Waals surface area contributed by atoms with E-state index >= 15 is 0 Å². The average Bonchev–Trinajstić information content (AvgIpc) is 3.22. The number of nitrogens with zero attached hydrogens (tertiary/aromatic N) is 2. The van der Waals surface area contributed by atoms with Gasteiger partial charge in [0.2, 0.25) is 5.91 Å². The molecule has 2 saturated carbocycles. The summed E-state index contributed by atoms with van der Waals surface area (Å²) in [6.45, 7) is 10.5. The molecule has 2 aliphatic carbocycles. The molecular formula is C32H42F2N2O. The monoisotopic (exact) mass is 508 g/mol. The van der Waals surface area contributed by atoms with E-state index < -0.39 is 10.8 Å². The summed E-state index contributed by atoms with van der Waals surface area (Å²) >= 11 is 0. The van der Waals surface area contributed by atoms with Crippen molar-refractivity contribution in [1.29, 1.82) is 0 Å². The van der Waals surface area contributed by atoms with Crippen LogP contribution in [0.3, 0.4) is 0 Å². The number of carbonyl (C=O) groups is 1. The molecule has 5 heteroatoms. The van der Waals surface area contributed by atoms with Crippen LogP contribution >= 0.6 is 0 Å². The third-order valence-corrected chi connectivity index (χ3v) is 11.1. The number of rotatable bonds is 6. The maximum absolute atomic E-state index is 13.5. The number of hydrogen-bond acceptors (Lipinski definition) is 2. The molecule has 37 heavy (non-hydrogen) atoms. The molecule has 0 N–H and O–H groups in total. The van der Waals surface area contributed by atoms with Crippen molar-refractivity contribution < 1.29 is 13.6 Å². The molecule has 2 aromatic carbocycles. The number of hydrogen-bond donors (Lipinski definition) is 0. The van der Waals surface area contributed by atoms with E-state index in [1.807, 2.05) is 55.1 Å². The highest BCUT2D eigenvalue weighted by Crippen LogP contribution is 2.63. The number of alkyl halides is 2. The fraction of sp³-hybridized carbons (Fsp3) is 0.594. The first-order chi connectivity index (χ1) is 17.6. The van der Waals surface area contributed by atoms with Crippen molar-refractivity contribution in [3.05, 3.63) is 71.8 Å². The van der Waals surface area contributed by atoms with Gasteiger partial charge < -0.3 is 4.90 Å². The lowest BCUT2D eigenvalue weighted by atomic mass is 9.52. The Morgan fingerprint density at radius 3 is 1.68 bits per heavy atom. The van der Waals surface area contributed by atoms with Gasteiger partial charge in [-0.05, 0) is 56.1 Å². The quantitative estimate of drug-likeness (QED) is 0.413. The lowest BCUT2D eigenvalue weighted by Gasteiger charge is -2.51. The normalized spacial score (nSPS) is 35.9. The summed E-state index contributed by atoms with van der Waals surface area (Å²) in [5.74, 6) is 0.132. The van der Waals surface area contributed by atoms with Crippen molar-refractivity contribution >= 4 is 5.91 Å². The molecule has 0 radical (unpaired) electrons. The van der Waals surface area contributed by atoms with E-state index in [0.29, 0.717) is 12.6 Å². The van der Waals surface area contributed by atoms with Gasteiger partial charge in [-0.3, -0.25) is 18.5 Å². The van der Waals surface area contributed by atoms with Gasteiger partial charge in [0.15, 0.2) is 0 Å². The molecule has 2 aromatic rings. The molecule has 0 unspecified atom stereocenters. The van der Waals surface area contributed by atoms with Crippen LogP contribution in [0.5, 0.6) is 0 Å². The van der Waals surface area contributed by atoms with E-state index in [1.165, 1.54) is 12.0 Å². The van der Waals surface area contributed by atoms with Gasteiger partial charge in [-0.1, -0.05) is 74.5 Å². The van der Waals surface area contributed by atoms with Crippen molar-refractivity contribution in [3.63, 3.8) is 0 Å². The summed E-state index contributed by atoms with van der Waals surface area (Å²) < 4.78 is 26.9. The van der Waals surface area contributed by atoms with Crippen LogP contribution in [0, 0.1) is 21.7 Å². The van der Waals surface area contributed by atoms with Gasteiger partial charge in [0.05, 0.1) is 24.8 Å². The Hall–Kier alpha value is -2.27. The fourth-order valence-corrected chi connectivity index (χ4v) is 7.44. The first-order valence-electron chi connectivity index (χ1n) is 13.9. The molecule has 200 valence electrons. The van der Waals surface area contributed by atoms with Gasteiger partial charge in [-0.25, -0.2) is 0 Å². The van der Waals surface area contributed by atoms with Crippen LogP contribution in [0.4, 0.5) is 8.78 Å². The topological polar surface area (TPSA) is 23.6 Å². The number of benzene rings is 2. The molecule has 0 bridgehead atoms. The zero-order chi connectivity index (χ0) is 26.5. The summed E-state index contributed by atoms with van der Waals surface area (Å²) in [5.41, 5.74) is 1.74. The van der Waals surface area contributed by atoms with Crippen LogP contribution in [0.15, 0.2) is 60.7 Å². The summed E-state index contributed by atoms with van der Waals surface area (Å²) in [6, 6.07) is 21.0. The SMILES string of the molecule is C[C@H](c1ccccc1)N1C[C@@]2(CF)CC[C@@]2(C)C1=O.C[C@H](c1ccccc1)N1C[C@]2(C)CC[C@]2(CF)C1. The molecular weight excluding hydrogens is 466 g/mol. The van der Waals surface area contributed by atoms with Crippen molar-refractivity contribution in [2.24, 2.45) is 21.7 Å². The van der Waals surface area contributed by atoms with Gasteiger partial charge in [0, 0.05) is 36.5 Å². The van der Waals surface area contributed by atoms with E-state index in [-0.39, 0.29) is 36.1 Å². The van der Waals surface area contributed by atoms with Crippen LogP contribution in [-0.4, -0.2) is 48.7 Å². The molecule has 2 aliphatic heterocycles. The van der Waals surface area contributed by atoms with Crippen LogP contribution in [-0.2, 0) is 4.79 Å². The van der Waals surface area contributed by atoms with E-state index in [2.05, 4.69) is 43.0 Å². The molecule has 6 rings (SSSR count). The Labute approximate surface area is 221 Å².